The standard InChI is InChI=1S/C11H15O3.Li/c1-4-14-11(13)10(6-5-7-12)8-9(2)3;/h2-6,8H2,1H3;/q-3;+1. The van der Waals surface area contributed by atoms with Crippen molar-refractivity contribution in [3.63, 3.8) is 0 Å². The molecule has 15 heavy (non-hydrogen) atoms. The zero-order valence-corrected chi connectivity index (χ0v) is 9.47. The quantitative estimate of drug-likeness (QED) is 0.296. The molecule has 0 N–H and O–H groups in total. The molecule has 0 fully saturated rings. The molecular weight excluding hydrogens is 187 g/mol. The van der Waals surface area contributed by atoms with Crippen molar-refractivity contribution in [3.8, 4) is 0 Å². The zero-order chi connectivity index (χ0) is 11.0. The van der Waals surface area contributed by atoms with Crippen molar-refractivity contribution in [1.82, 2.24) is 0 Å². The normalized spacial score (nSPS) is 8.60. The van der Waals surface area contributed by atoms with E-state index in [4.69, 9.17) is 4.74 Å². The van der Waals surface area contributed by atoms with Gasteiger partial charge in [-0.2, -0.15) is 19.3 Å². The summed E-state index contributed by atoms with van der Waals surface area (Å²) < 4.78 is 4.83. The molecule has 0 saturated heterocycles. The Labute approximate surface area is 103 Å². The van der Waals surface area contributed by atoms with Crippen LogP contribution in [-0.2, 0) is 14.3 Å². The SMILES string of the molecule is C=C([CH2-])C[C-](CC[C-]=O)C(=O)OCC.[Li+]. The summed E-state index contributed by atoms with van der Waals surface area (Å²) in [5.41, 5.74) is 0.638. The maximum absolute atomic E-state index is 11.3. The monoisotopic (exact) mass is 202 g/mol. The van der Waals surface area contributed by atoms with Gasteiger partial charge in [0, 0.05) is 0 Å². The third kappa shape index (κ3) is 8.23. The van der Waals surface area contributed by atoms with E-state index in [0.717, 1.165) is 0 Å². The van der Waals surface area contributed by atoms with Gasteiger partial charge in [-0.1, -0.05) is 0 Å². The number of hydrogen-bond acceptors (Lipinski definition) is 3. The molecule has 0 aliphatic heterocycles. The van der Waals surface area contributed by atoms with Crippen LogP contribution in [-0.4, -0.2) is 18.9 Å². The van der Waals surface area contributed by atoms with Crippen LogP contribution in [0.1, 0.15) is 26.2 Å². The van der Waals surface area contributed by atoms with Gasteiger partial charge in [0.15, 0.2) is 5.97 Å². The molecule has 0 aliphatic carbocycles. The third-order valence-corrected chi connectivity index (χ3v) is 1.56. The second-order valence-corrected chi connectivity index (χ2v) is 2.90. The van der Waals surface area contributed by atoms with E-state index in [1.54, 1.807) is 13.2 Å². The molecule has 80 valence electrons. The largest absolute Gasteiger partial charge is 1.00 e. The number of allylic oxidation sites excluding steroid dienone is 1. The minimum absolute atomic E-state index is 0. The van der Waals surface area contributed by atoms with E-state index in [0.29, 0.717) is 30.9 Å². The molecule has 0 bridgehead atoms. The van der Waals surface area contributed by atoms with Gasteiger partial charge in [-0.25, -0.2) is 19.1 Å². The molecule has 0 unspecified atom stereocenters. The second kappa shape index (κ2) is 9.76. The predicted octanol–water partition coefficient (Wildman–Crippen LogP) is -1.20. The first-order valence-corrected chi connectivity index (χ1v) is 4.48. The van der Waals surface area contributed by atoms with Crippen molar-refractivity contribution in [2.75, 3.05) is 6.61 Å². The number of hydrogen-bond donors (Lipinski definition) is 0. The van der Waals surface area contributed by atoms with Crippen molar-refractivity contribution >= 4 is 12.3 Å². The van der Waals surface area contributed by atoms with E-state index in [2.05, 4.69) is 13.5 Å². The van der Waals surface area contributed by atoms with Gasteiger partial charge in [0.1, 0.15) is 0 Å². The second-order valence-electron chi connectivity index (χ2n) is 2.90. The molecule has 0 aliphatic rings. The molecule has 0 spiro atoms. The summed E-state index contributed by atoms with van der Waals surface area (Å²) in [7, 11) is 0. The van der Waals surface area contributed by atoms with Gasteiger partial charge in [-0.3, -0.25) is 17.0 Å². The number of carbonyl (C=O) groups is 1. The van der Waals surface area contributed by atoms with E-state index in [1.807, 2.05) is 0 Å². The number of esters is 1. The number of ether oxygens (including phenoxy) is 1. The van der Waals surface area contributed by atoms with Crippen molar-refractivity contribution in [2.24, 2.45) is 0 Å². The first-order valence-electron chi connectivity index (χ1n) is 4.48. The maximum Gasteiger partial charge on any atom is 1.00 e. The Morgan fingerprint density at radius 2 is 2.20 bits per heavy atom. The van der Waals surface area contributed by atoms with Gasteiger partial charge in [-0.15, -0.1) is 0 Å². The van der Waals surface area contributed by atoms with Gasteiger partial charge in [0.25, 0.3) is 0 Å². The van der Waals surface area contributed by atoms with Crippen LogP contribution in [0, 0.1) is 12.8 Å². The zero-order valence-electron chi connectivity index (χ0n) is 9.47. The Balaban J connectivity index is 0. The summed E-state index contributed by atoms with van der Waals surface area (Å²) in [6.45, 7) is 9.28. The third-order valence-electron chi connectivity index (χ3n) is 1.56. The average molecular weight is 202 g/mol. The number of rotatable bonds is 7. The van der Waals surface area contributed by atoms with Crippen molar-refractivity contribution in [2.45, 2.75) is 26.2 Å². The van der Waals surface area contributed by atoms with Gasteiger partial charge in [0.05, 0.1) is 6.61 Å². The molecular formula is C11H15LiO3-2. The summed E-state index contributed by atoms with van der Waals surface area (Å²) in [5, 5.41) is 0. The van der Waals surface area contributed by atoms with Crippen LogP contribution in [0.5, 0.6) is 0 Å². The van der Waals surface area contributed by atoms with Crippen molar-refractivity contribution in [3.05, 3.63) is 25.0 Å². The van der Waals surface area contributed by atoms with Crippen LogP contribution in [0.3, 0.4) is 0 Å². The smallest absolute Gasteiger partial charge is 0.542 e. The molecule has 0 aromatic heterocycles. The van der Waals surface area contributed by atoms with Gasteiger partial charge < -0.3 is 9.53 Å². The van der Waals surface area contributed by atoms with Crippen molar-refractivity contribution < 1.29 is 33.2 Å². The summed E-state index contributed by atoms with van der Waals surface area (Å²) in [6, 6.07) is 0. The number of carbonyl (C=O) groups excluding carboxylic acids is 2. The molecule has 0 amide bonds. The topological polar surface area (TPSA) is 43.4 Å². The fraction of sp³-hybridized carbons (Fsp3) is 0.455. The van der Waals surface area contributed by atoms with Crippen LogP contribution < -0.4 is 18.9 Å². The summed E-state index contributed by atoms with van der Waals surface area (Å²) in [5.74, 6) is 0.169. The Bertz CT molecular complexity index is 214. The molecule has 0 rings (SSSR count). The minimum atomic E-state index is -0.368. The Morgan fingerprint density at radius 1 is 1.60 bits per heavy atom. The summed E-state index contributed by atoms with van der Waals surface area (Å²) >= 11 is 0. The predicted molar refractivity (Wildman–Crippen MR) is 53.9 cm³/mol. The fourth-order valence-corrected chi connectivity index (χ4v) is 0.999. The maximum atomic E-state index is 11.3. The molecule has 0 radical (unpaired) electrons. The van der Waals surface area contributed by atoms with E-state index >= 15 is 0 Å². The fourth-order valence-electron chi connectivity index (χ4n) is 0.999. The molecule has 0 aromatic carbocycles. The van der Waals surface area contributed by atoms with Gasteiger partial charge >= 0.3 is 18.9 Å². The van der Waals surface area contributed by atoms with Crippen LogP contribution in [0.25, 0.3) is 0 Å². The van der Waals surface area contributed by atoms with Crippen LogP contribution >= 0.6 is 0 Å². The first-order chi connectivity index (χ1) is 6.61. The molecule has 0 saturated carbocycles. The molecule has 4 heteroatoms. The van der Waals surface area contributed by atoms with E-state index in [-0.39, 0.29) is 31.3 Å². The minimum Gasteiger partial charge on any atom is -0.542 e. The molecule has 0 atom stereocenters. The Kier molecular flexibility index (Phi) is 10.8. The van der Waals surface area contributed by atoms with Crippen LogP contribution in [0.2, 0.25) is 0 Å². The van der Waals surface area contributed by atoms with Crippen molar-refractivity contribution in [1.29, 1.82) is 0 Å². The van der Waals surface area contributed by atoms with Gasteiger partial charge in [-0.05, 0) is 6.92 Å². The molecule has 0 heterocycles. The Hall–Kier alpha value is -0.783. The Morgan fingerprint density at radius 3 is 2.60 bits per heavy atom. The van der Waals surface area contributed by atoms with E-state index < -0.39 is 0 Å². The average Bonchev–Trinajstić information content (AvgIpc) is 2.12. The molecule has 3 nitrogen and oxygen atoms in total. The molecule has 0 aromatic rings. The van der Waals surface area contributed by atoms with E-state index in [9.17, 15) is 9.59 Å². The van der Waals surface area contributed by atoms with Gasteiger partial charge in [0.2, 0.25) is 0 Å². The summed E-state index contributed by atoms with van der Waals surface area (Å²) in [4.78, 5) is 21.4. The van der Waals surface area contributed by atoms with E-state index in [1.165, 1.54) is 0 Å². The summed E-state index contributed by atoms with van der Waals surface area (Å²) in [6.07, 6.45) is 2.71. The van der Waals surface area contributed by atoms with Crippen LogP contribution in [0.15, 0.2) is 12.2 Å². The first kappa shape index (κ1) is 16.6. The van der Waals surface area contributed by atoms with Crippen LogP contribution in [0.4, 0.5) is 0 Å².